The molecule has 2 unspecified atom stereocenters. The molecule has 1 saturated carbocycles. The van der Waals surface area contributed by atoms with E-state index in [0.717, 1.165) is 0 Å². The predicted octanol–water partition coefficient (Wildman–Crippen LogP) is 3.60. The highest BCUT2D eigenvalue weighted by atomic mass is 31.1. The number of hydrogen-bond donors (Lipinski definition) is 6. The molecule has 73 heavy (non-hydrogen) atoms. The van der Waals surface area contributed by atoms with Gasteiger partial charge in [-0.15, -0.1) is 18.1 Å². The minimum atomic E-state index is -2.92. The Morgan fingerprint density at radius 2 is 1.71 bits per heavy atom. The van der Waals surface area contributed by atoms with E-state index in [4.69, 9.17) is 38.0 Å². The zero-order valence-corrected chi connectivity index (χ0v) is 41.6. The summed E-state index contributed by atoms with van der Waals surface area (Å²) in [4.78, 5) is 85.6. The largest absolute Gasteiger partial charge is 0.697 e. The average Bonchev–Trinajstić information content (AvgIpc) is 4.06. The molecular formula is C45H53N11O15P2+2. The van der Waals surface area contributed by atoms with Crippen LogP contribution in [0.15, 0.2) is 78.2 Å². The van der Waals surface area contributed by atoms with Gasteiger partial charge in [-0.05, 0) is 48.6 Å². The van der Waals surface area contributed by atoms with E-state index < -0.39 is 107 Å². The molecule has 0 radical (unpaired) electrons. The number of fused-ring (bicyclic) bond motifs is 4. The summed E-state index contributed by atoms with van der Waals surface area (Å²) in [5.41, 5.74) is 6.41. The first-order chi connectivity index (χ1) is 35.0. The summed E-state index contributed by atoms with van der Waals surface area (Å²) >= 11 is 0. The second-order valence-corrected chi connectivity index (χ2v) is 19.6. The lowest BCUT2D eigenvalue weighted by Gasteiger charge is -2.19. The van der Waals surface area contributed by atoms with E-state index in [0.29, 0.717) is 35.5 Å². The van der Waals surface area contributed by atoms with E-state index in [1.165, 1.54) is 41.4 Å². The number of aliphatic hydroxyl groups excluding tert-OH is 1. The van der Waals surface area contributed by atoms with Gasteiger partial charge < -0.3 is 40.6 Å². The Hall–Kier alpha value is -6.73. The molecule has 11 atom stereocenters. The fourth-order valence-electron chi connectivity index (χ4n) is 8.13. The molecule has 3 fully saturated rings. The molecule has 4 amide bonds. The topological polar surface area (TPSA) is 342 Å². The Morgan fingerprint density at radius 1 is 0.959 bits per heavy atom. The number of ether oxygens (including phenoxy) is 3. The minimum Gasteiger partial charge on any atom is -0.474 e. The molecule has 2 aliphatic heterocycles. The Morgan fingerprint density at radius 3 is 2.47 bits per heavy atom. The van der Waals surface area contributed by atoms with Crippen LogP contribution in [0.2, 0.25) is 0 Å². The van der Waals surface area contributed by atoms with Crippen molar-refractivity contribution < 1.29 is 65.7 Å². The summed E-state index contributed by atoms with van der Waals surface area (Å²) < 4.78 is 67.9. The van der Waals surface area contributed by atoms with Crippen molar-refractivity contribution in [3.05, 3.63) is 100 Å². The molecule has 28 heteroatoms. The van der Waals surface area contributed by atoms with Crippen LogP contribution in [0.1, 0.15) is 61.3 Å². The lowest BCUT2D eigenvalue weighted by atomic mass is 10.0. The van der Waals surface area contributed by atoms with Crippen molar-refractivity contribution in [2.45, 2.75) is 95.6 Å². The third-order valence-corrected chi connectivity index (χ3v) is 13.8. The molecule has 5 heterocycles. The van der Waals surface area contributed by atoms with Gasteiger partial charge in [0.05, 0.1) is 12.4 Å². The number of H-pyrrole nitrogens is 1. The predicted molar refractivity (Wildman–Crippen MR) is 256 cm³/mol. The molecule has 3 aromatic heterocycles. The molecule has 8 rings (SSSR count). The number of carbonyl (C=O) groups is 4. The second-order valence-electron chi connectivity index (χ2n) is 17.8. The number of anilines is 2. The van der Waals surface area contributed by atoms with Gasteiger partial charge in [0, 0.05) is 58.6 Å². The molecule has 1 aliphatic carbocycles. The molecule has 2 bridgehead atoms. The van der Waals surface area contributed by atoms with E-state index in [1.807, 2.05) is 0 Å². The molecule has 386 valence electrons. The number of aromatic nitrogens is 6. The number of aliphatic hydroxyl groups is 1. The van der Waals surface area contributed by atoms with Crippen LogP contribution in [0.25, 0.3) is 11.2 Å². The van der Waals surface area contributed by atoms with Gasteiger partial charge in [-0.2, -0.15) is 4.98 Å². The Bertz CT molecular complexity index is 2900. The van der Waals surface area contributed by atoms with Crippen molar-refractivity contribution in [2.24, 2.45) is 17.6 Å². The van der Waals surface area contributed by atoms with E-state index >= 15 is 0 Å². The molecule has 3 aliphatic rings. The maximum atomic E-state index is 13.8. The van der Waals surface area contributed by atoms with E-state index in [-0.39, 0.29) is 48.4 Å². The van der Waals surface area contributed by atoms with Gasteiger partial charge in [0.25, 0.3) is 11.5 Å². The minimum absolute atomic E-state index is 0.0693. The molecule has 7 N–H and O–H groups in total. The first kappa shape index (κ1) is 52.6. The van der Waals surface area contributed by atoms with Gasteiger partial charge in [0.15, 0.2) is 23.5 Å². The van der Waals surface area contributed by atoms with Crippen molar-refractivity contribution in [1.29, 1.82) is 0 Å². The molecule has 2 aromatic carbocycles. The molecule has 2 saturated heterocycles. The number of carbonyl (C=O) groups excluding carboxylic acids is 4. The fourth-order valence-corrected chi connectivity index (χ4v) is 9.74. The van der Waals surface area contributed by atoms with Crippen LogP contribution >= 0.6 is 16.5 Å². The normalized spacial score (nSPS) is 24.0. The highest BCUT2D eigenvalue weighted by Gasteiger charge is 2.54. The number of nitrogens with two attached hydrogens (primary N) is 1. The van der Waals surface area contributed by atoms with E-state index in [9.17, 15) is 38.2 Å². The second kappa shape index (κ2) is 23.4. The van der Waals surface area contributed by atoms with Crippen molar-refractivity contribution in [1.82, 2.24) is 39.7 Å². The number of rotatable bonds is 14. The smallest absolute Gasteiger partial charge is 0.474 e. The van der Waals surface area contributed by atoms with Gasteiger partial charge in [-0.1, -0.05) is 44.2 Å². The zero-order valence-electron chi connectivity index (χ0n) is 39.8. The molecule has 0 spiro atoms. The third-order valence-electron chi connectivity index (χ3n) is 12.2. The lowest BCUT2D eigenvalue weighted by molar-refractivity contribution is -0.127. The van der Waals surface area contributed by atoms with Crippen LogP contribution in [0.4, 0.5) is 16.4 Å². The molecular weight excluding hydrogens is 997 g/mol. The summed E-state index contributed by atoms with van der Waals surface area (Å²) in [5, 5.41) is 19.3. The highest BCUT2D eigenvalue weighted by molar-refractivity contribution is 7.33. The van der Waals surface area contributed by atoms with Crippen LogP contribution in [-0.2, 0) is 59.4 Å². The number of hydrogen-bond acceptors (Lipinski definition) is 20. The van der Waals surface area contributed by atoms with Crippen LogP contribution < -0.4 is 32.0 Å². The fraction of sp³-hybridized carbons (Fsp3) is 0.444. The zero-order chi connectivity index (χ0) is 51.9. The maximum absolute atomic E-state index is 13.8. The summed E-state index contributed by atoms with van der Waals surface area (Å²) in [6.07, 6.45) is -2.62. The Balaban J connectivity index is 0.888. The third kappa shape index (κ3) is 12.9. The van der Waals surface area contributed by atoms with Gasteiger partial charge in [-0.3, -0.25) is 34.0 Å². The van der Waals surface area contributed by atoms with Crippen molar-refractivity contribution in [2.75, 3.05) is 30.9 Å². The van der Waals surface area contributed by atoms with Gasteiger partial charge >= 0.3 is 22.6 Å². The molecule has 5 aromatic rings. The van der Waals surface area contributed by atoms with E-state index in [1.54, 1.807) is 69.3 Å². The number of imidazole rings is 1. The van der Waals surface area contributed by atoms with Crippen molar-refractivity contribution >= 4 is 63.1 Å². The lowest BCUT2D eigenvalue weighted by Crippen LogP contribution is -2.50. The summed E-state index contributed by atoms with van der Waals surface area (Å²) in [6.45, 7) is 4.35. The number of nitrogens with one attached hydrogen (secondary N) is 4. The highest BCUT2D eigenvalue weighted by Crippen LogP contribution is 2.44. The number of nitrogens with zero attached hydrogens (tertiary/aromatic N) is 6. The van der Waals surface area contributed by atoms with Crippen LogP contribution in [0.5, 0.6) is 5.88 Å². The van der Waals surface area contributed by atoms with Gasteiger partial charge in [-0.25, -0.2) is 19.7 Å². The van der Waals surface area contributed by atoms with Crippen LogP contribution in [-0.4, -0.2) is 126 Å². The van der Waals surface area contributed by atoms with Crippen LogP contribution in [0, 0.1) is 11.8 Å². The van der Waals surface area contributed by atoms with Gasteiger partial charge in [0.1, 0.15) is 56.6 Å². The number of aromatic amines is 1. The van der Waals surface area contributed by atoms with Crippen LogP contribution in [0.3, 0.4) is 0 Å². The van der Waals surface area contributed by atoms with Crippen molar-refractivity contribution in [3.8, 4) is 5.88 Å². The van der Waals surface area contributed by atoms with E-state index in [2.05, 4.69) is 40.9 Å². The number of amides is 4. The first-order valence-electron chi connectivity index (χ1n) is 23.0. The standard InChI is InChI=1S/C45H51N11O15P2/c1-23(2)34(46)41(60)50-24(3)39(58)51-28-11-9-25(10-12-28)18-65-45(62)55(4)17-26-7-5-6-8-30(26)40(59)53-44-52-38-35(42(61)54-44)49-22-56(38)43-37-36(57)32(69-43)20-67-72(63)70-31-16-29(68-33-13-14-47-21-48-33)15-27(31)19-66-73(64)71-37/h5-14,21-24,27,29,31-32,34,36-37,43,57H,15-20,46H2,1-4H3,(H2-2,50,51,52,53,54,58,59,60,61)/p+2/t24-,27+,29+,31-,32+,34-,36+,37+,43+/m0/s1. The van der Waals surface area contributed by atoms with Crippen molar-refractivity contribution in [3.63, 3.8) is 0 Å². The monoisotopic (exact) mass is 1050 g/mol. The quantitative estimate of drug-likeness (QED) is 0.0865. The summed E-state index contributed by atoms with van der Waals surface area (Å²) in [6, 6.07) is 13.0. The summed E-state index contributed by atoms with van der Waals surface area (Å²) in [5.74, 6) is -2.11. The van der Waals surface area contributed by atoms with Gasteiger partial charge in [0.2, 0.25) is 23.6 Å². The Labute approximate surface area is 417 Å². The maximum Gasteiger partial charge on any atom is 0.697 e. The number of benzene rings is 2. The average molecular weight is 1050 g/mol. The Kier molecular flexibility index (Phi) is 16.9. The first-order valence-corrected chi connectivity index (χ1v) is 25.2. The molecule has 26 nitrogen and oxygen atoms in total. The SMILES string of the molecule is CC(C)[C@H](N)C(=O)N[C@@H](C)C(=O)Nc1ccc(COC(=O)N(C)Cc2ccccc2C(=O)Nc2nc3c(ncn3[C@@H]3O[C@@H]4CO[P+](=O)O[C@H]5C[C@H](Oc6ccncn6)C[C@@H]5CO[P+](=O)O[C@@H]3[C@@H]4O)c(=O)[nH]2)cc1. The summed E-state index contributed by atoms with van der Waals surface area (Å²) in [7, 11) is -4.20.